The predicted molar refractivity (Wildman–Crippen MR) is 77.6 cm³/mol. The van der Waals surface area contributed by atoms with Crippen molar-refractivity contribution in [3.63, 3.8) is 0 Å². The highest BCUT2D eigenvalue weighted by molar-refractivity contribution is 5.98. The average molecular weight is 291 g/mol. The van der Waals surface area contributed by atoms with Crippen LogP contribution in [0, 0.1) is 5.82 Å². The Morgan fingerprint density at radius 2 is 2.29 bits per heavy atom. The Bertz CT molecular complexity index is 585. The van der Waals surface area contributed by atoms with Crippen molar-refractivity contribution >= 4 is 11.7 Å². The molecule has 0 saturated heterocycles. The summed E-state index contributed by atoms with van der Waals surface area (Å²) in [6.45, 7) is 2.98. The first-order valence-corrected chi connectivity index (χ1v) is 6.86. The second-order valence-corrected chi connectivity index (χ2v) is 4.48. The average Bonchev–Trinajstić information content (AvgIpc) is 2.99. The highest BCUT2D eigenvalue weighted by Crippen LogP contribution is 2.13. The van der Waals surface area contributed by atoms with Crippen LogP contribution in [0.25, 0.3) is 0 Å². The zero-order valence-corrected chi connectivity index (χ0v) is 11.8. The standard InChI is InChI=1S/C14H18FN5O/c1-2-16-13-11(8-10(15)9-20-13)14(21)19-5-3-4-12-17-6-7-18-12/h6-9H,2-5H2,1H3,(H,16,20)(H,17,18)(H,19,21). The Morgan fingerprint density at radius 1 is 1.43 bits per heavy atom. The fourth-order valence-electron chi connectivity index (χ4n) is 1.91. The van der Waals surface area contributed by atoms with Crippen LogP contribution in [-0.2, 0) is 6.42 Å². The number of carbonyl (C=O) groups excluding carboxylic acids is 1. The Labute approximate surface area is 122 Å². The highest BCUT2D eigenvalue weighted by Gasteiger charge is 2.13. The molecule has 0 aliphatic carbocycles. The van der Waals surface area contributed by atoms with E-state index in [4.69, 9.17) is 0 Å². The molecule has 0 bridgehead atoms. The van der Waals surface area contributed by atoms with Crippen molar-refractivity contribution in [1.82, 2.24) is 20.3 Å². The molecule has 2 heterocycles. The van der Waals surface area contributed by atoms with Gasteiger partial charge in [0.25, 0.3) is 5.91 Å². The number of nitrogens with zero attached hydrogens (tertiary/aromatic N) is 2. The molecule has 21 heavy (non-hydrogen) atoms. The fourth-order valence-corrected chi connectivity index (χ4v) is 1.91. The fraction of sp³-hybridized carbons (Fsp3) is 0.357. The molecule has 112 valence electrons. The van der Waals surface area contributed by atoms with Gasteiger partial charge in [-0.25, -0.2) is 14.4 Å². The summed E-state index contributed by atoms with van der Waals surface area (Å²) in [7, 11) is 0. The minimum atomic E-state index is -0.530. The predicted octanol–water partition coefficient (Wildman–Crippen LogP) is 1.74. The molecule has 2 rings (SSSR count). The van der Waals surface area contributed by atoms with Gasteiger partial charge in [-0.1, -0.05) is 0 Å². The van der Waals surface area contributed by atoms with Gasteiger partial charge < -0.3 is 15.6 Å². The number of imidazole rings is 1. The number of carbonyl (C=O) groups is 1. The lowest BCUT2D eigenvalue weighted by atomic mass is 10.2. The van der Waals surface area contributed by atoms with Gasteiger partial charge in [0.05, 0.1) is 11.8 Å². The number of aryl methyl sites for hydroxylation is 1. The molecular formula is C14H18FN5O. The number of anilines is 1. The first kappa shape index (κ1) is 15.0. The van der Waals surface area contributed by atoms with Crippen molar-refractivity contribution in [1.29, 1.82) is 0 Å². The second kappa shape index (κ2) is 7.37. The van der Waals surface area contributed by atoms with E-state index >= 15 is 0 Å². The van der Waals surface area contributed by atoms with Crippen molar-refractivity contribution < 1.29 is 9.18 Å². The maximum absolute atomic E-state index is 13.2. The van der Waals surface area contributed by atoms with Gasteiger partial charge >= 0.3 is 0 Å². The number of halogens is 1. The third-order valence-corrected chi connectivity index (χ3v) is 2.87. The van der Waals surface area contributed by atoms with Crippen LogP contribution < -0.4 is 10.6 Å². The molecule has 3 N–H and O–H groups in total. The van der Waals surface area contributed by atoms with Crippen molar-refractivity contribution in [2.75, 3.05) is 18.4 Å². The van der Waals surface area contributed by atoms with Gasteiger partial charge in [-0.2, -0.15) is 0 Å². The van der Waals surface area contributed by atoms with E-state index in [1.807, 2.05) is 6.92 Å². The van der Waals surface area contributed by atoms with Crippen LogP contribution >= 0.6 is 0 Å². The van der Waals surface area contributed by atoms with E-state index in [9.17, 15) is 9.18 Å². The molecule has 1 amide bonds. The van der Waals surface area contributed by atoms with Gasteiger partial charge in [-0.3, -0.25) is 4.79 Å². The third-order valence-electron chi connectivity index (χ3n) is 2.87. The normalized spacial score (nSPS) is 10.4. The van der Waals surface area contributed by atoms with E-state index in [1.165, 1.54) is 6.07 Å². The Morgan fingerprint density at radius 3 is 3.00 bits per heavy atom. The summed E-state index contributed by atoms with van der Waals surface area (Å²) < 4.78 is 13.2. The molecule has 2 aromatic rings. The largest absolute Gasteiger partial charge is 0.370 e. The maximum atomic E-state index is 13.2. The molecule has 0 unspecified atom stereocenters. The lowest BCUT2D eigenvalue weighted by molar-refractivity contribution is 0.0953. The summed E-state index contributed by atoms with van der Waals surface area (Å²) in [5.41, 5.74) is 0.217. The smallest absolute Gasteiger partial charge is 0.255 e. The number of amides is 1. The van der Waals surface area contributed by atoms with Gasteiger partial charge in [0.1, 0.15) is 17.5 Å². The van der Waals surface area contributed by atoms with E-state index in [1.54, 1.807) is 12.4 Å². The zero-order chi connectivity index (χ0) is 15.1. The Hall–Kier alpha value is -2.44. The Balaban J connectivity index is 1.88. The zero-order valence-electron chi connectivity index (χ0n) is 11.8. The van der Waals surface area contributed by atoms with Crippen LogP contribution in [0.1, 0.15) is 29.5 Å². The molecule has 0 atom stereocenters. The number of hydrogen-bond acceptors (Lipinski definition) is 4. The molecule has 2 aromatic heterocycles. The molecule has 0 fully saturated rings. The van der Waals surface area contributed by atoms with Crippen molar-refractivity contribution in [3.05, 3.63) is 41.9 Å². The lowest BCUT2D eigenvalue weighted by Gasteiger charge is -2.10. The lowest BCUT2D eigenvalue weighted by Crippen LogP contribution is -2.26. The topological polar surface area (TPSA) is 82.7 Å². The molecule has 0 spiro atoms. The number of pyridine rings is 1. The van der Waals surface area contributed by atoms with Crippen LogP contribution in [-0.4, -0.2) is 33.9 Å². The molecular weight excluding hydrogens is 273 g/mol. The summed E-state index contributed by atoms with van der Waals surface area (Å²) in [6, 6.07) is 1.19. The van der Waals surface area contributed by atoms with Crippen LogP contribution in [0.2, 0.25) is 0 Å². The van der Waals surface area contributed by atoms with E-state index in [-0.39, 0.29) is 11.5 Å². The number of hydrogen-bond donors (Lipinski definition) is 3. The van der Waals surface area contributed by atoms with Gasteiger partial charge in [-0.05, 0) is 19.4 Å². The molecule has 0 saturated carbocycles. The summed E-state index contributed by atoms with van der Waals surface area (Å²) in [5, 5.41) is 5.70. The molecule has 0 radical (unpaired) electrons. The molecule has 6 nitrogen and oxygen atoms in total. The molecule has 7 heteroatoms. The van der Waals surface area contributed by atoms with Crippen LogP contribution in [0.3, 0.4) is 0 Å². The van der Waals surface area contributed by atoms with Crippen LogP contribution in [0.5, 0.6) is 0 Å². The van der Waals surface area contributed by atoms with Crippen molar-refractivity contribution in [2.45, 2.75) is 19.8 Å². The van der Waals surface area contributed by atoms with E-state index in [0.29, 0.717) is 18.9 Å². The van der Waals surface area contributed by atoms with E-state index in [2.05, 4.69) is 25.6 Å². The SMILES string of the molecule is CCNc1ncc(F)cc1C(=O)NCCCc1ncc[nH]1. The first-order chi connectivity index (χ1) is 10.2. The van der Waals surface area contributed by atoms with Gasteiger partial charge in [0, 0.05) is 31.9 Å². The maximum Gasteiger partial charge on any atom is 0.255 e. The minimum absolute atomic E-state index is 0.217. The van der Waals surface area contributed by atoms with Crippen molar-refractivity contribution in [2.24, 2.45) is 0 Å². The number of aromatic nitrogens is 3. The number of nitrogens with one attached hydrogen (secondary N) is 3. The summed E-state index contributed by atoms with van der Waals surface area (Å²) in [5.74, 6) is 0.405. The summed E-state index contributed by atoms with van der Waals surface area (Å²) in [4.78, 5) is 23.1. The number of H-pyrrole nitrogens is 1. The minimum Gasteiger partial charge on any atom is -0.370 e. The number of rotatable bonds is 7. The van der Waals surface area contributed by atoms with E-state index < -0.39 is 5.82 Å². The first-order valence-electron chi connectivity index (χ1n) is 6.86. The molecule has 0 aliphatic rings. The van der Waals surface area contributed by atoms with Crippen molar-refractivity contribution in [3.8, 4) is 0 Å². The van der Waals surface area contributed by atoms with Gasteiger partial charge in [-0.15, -0.1) is 0 Å². The summed E-state index contributed by atoms with van der Waals surface area (Å²) >= 11 is 0. The highest BCUT2D eigenvalue weighted by atomic mass is 19.1. The van der Waals surface area contributed by atoms with Gasteiger partial charge in [0.2, 0.25) is 0 Å². The van der Waals surface area contributed by atoms with E-state index in [0.717, 1.165) is 24.9 Å². The second-order valence-electron chi connectivity index (χ2n) is 4.48. The molecule has 0 aliphatic heterocycles. The Kier molecular flexibility index (Phi) is 5.25. The van der Waals surface area contributed by atoms with Crippen LogP contribution in [0.15, 0.2) is 24.7 Å². The quantitative estimate of drug-likeness (QED) is 0.679. The number of aromatic amines is 1. The summed E-state index contributed by atoms with van der Waals surface area (Å²) in [6.07, 6.45) is 6.03. The third kappa shape index (κ3) is 4.27. The monoisotopic (exact) mass is 291 g/mol. The van der Waals surface area contributed by atoms with Gasteiger partial charge in [0.15, 0.2) is 0 Å². The molecule has 0 aromatic carbocycles. The van der Waals surface area contributed by atoms with Crippen LogP contribution in [0.4, 0.5) is 10.2 Å².